The zero-order valence-corrected chi connectivity index (χ0v) is 17.6. The van der Waals surface area contributed by atoms with Gasteiger partial charge in [-0.3, -0.25) is 4.79 Å². The van der Waals surface area contributed by atoms with Crippen LogP contribution in [0.1, 0.15) is 42.6 Å². The van der Waals surface area contributed by atoms with Crippen LogP contribution >= 0.6 is 0 Å². The molecule has 1 aliphatic heterocycles. The lowest BCUT2D eigenvalue weighted by Gasteiger charge is -2.31. The van der Waals surface area contributed by atoms with Crippen LogP contribution in [0.2, 0.25) is 0 Å². The molecule has 2 aromatic carbocycles. The third-order valence-electron chi connectivity index (χ3n) is 6.98. The minimum absolute atomic E-state index is 0.0152. The number of aromatic amines is 1. The van der Waals surface area contributed by atoms with Gasteiger partial charge in [0.05, 0.1) is 5.69 Å². The minimum Gasteiger partial charge on any atom is -0.342 e. The van der Waals surface area contributed by atoms with Gasteiger partial charge in [-0.05, 0) is 36.7 Å². The fraction of sp³-hybridized carbons (Fsp3) is 0.385. The normalized spacial score (nSPS) is 23.8. The lowest BCUT2D eigenvalue weighted by atomic mass is 9.77. The van der Waals surface area contributed by atoms with Crippen molar-refractivity contribution < 1.29 is 4.79 Å². The smallest absolute Gasteiger partial charge is 0.226 e. The maximum Gasteiger partial charge on any atom is 0.226 e. The topological polar surface area (TPSA) is 49.0 Å². The molecule has 1 fully saturated rings. The number of carbonyl (C=O) groups is 1. The first-order valence-electron chi connectivity index (χ1n) is 11.2. The highest BCUT2D eigenvalue weighted by Gasteiger charge is 2.39. The maximum atomic E-state index is 13.5. The average Bonchev–Trinajstić information content (AvgIpc) is 3.44. The molecule has 1 aromatic heterocycles. The maximum absolute atomic E-state index is 13.5. The molecule has 0 bridgehead atoms. The van der Waals surface area contributed by atoms with Crippen LogP contribution < -0.4 is 0 Å². The van der Waals surface area contributed by atoms with E-state index in [-0.39, 0.29) is 17.8 Å². The molecule has 5 rings (SSSR count). The zero-order chi connectivity index (χ0) is 20.5. The number of H-pyrrole nitrogens is 1. The van der Waals surface area contributed by atoms with Crippen LogP contribution in [0, 0.1) is 11.8 Å². The predicted octanol–water partition coefficient (Wildman–Crippen LogP) is 4.83. The number of carbonyl (C=O) groups excluding carboxylic acids is 1. The Morgan fingerprint density at radius 1 is 0.967 bits per heavy atom. The van der Waals surface area contributed by atoms with Crippen LogP contribution in [-0.4, -0.2) is 33.9 Å². The molecule has 1 amide bonds. The highest BCUT2D eigenvalue weighted by atomic mass is 16.2. The minimum atomic E-state index is -0.0152. The van der Waals surface area contributed by atoms with Crippen molar-refractivity contribution in [1.82, 2.24) is 14.9 Å². The number of rotatable bonds is 3. The molecular formula is C26H29N3O. The van der Waals surface area contributed by atoms with Crippen LogP contribution in [0.15, 0.2) is 60.7 Å². The van der Waals surface area contributed by atoms with E-state index in [1.165, 1.54) is 5.56 Å². The average molecular weight is 400 g/mol. The monoisotopic (exact) mass is 399 g/mol. The van der Waals surface area contributed by atoms with Crippen molar-refractivity contribution >= 4 is 5.91 Å². The fourth-order valence-electron chi connectivity index (χ4n) is 5.20. The summed E-state index contributed by atoms with van der Waals surface area (Å²) >= 11 is 0. The molecule has 3 aromatic rings. The van der Waals surface area contributed by atoms with Gasteiger partial charge in [0.1, 0.15) is 5.82 Å². The van der Waals surface area contributed by atoms with E-state index in [1.807, 2.05) is 18.2 Å². The molecule has 4 heteroatoms. The van der Waals surface area contributed by atoms with Gasteiger partial charge in [0, 0.05) is 36.7 Å². The van der Waals surface area contributed by atoms with Crippen molar-refractivity contribution in [2.45, 2.75) is 38.5 Å². The molecule has 4 nitrogen and oxygen atoms in total. The quantitative estimate of drug-likeness (QED) is 0.641. The lowest BCUT2D eigenvalue weighted by molar-refractivity contribution is -0.136. The number of aromatic nitrogens is 2. The summed E-state index contributed by atoms with van der Waals surface area (Å²) in [5, 5.41) is 0. The fourth-order valence-corrected chi connectivity index (χ4v) is 5.20. The lowest BCUT2D eigenvalue weighted by Crippen LogP contribution is -2.39. The van der Waals surface area contributed by atoms with Crippen molar-refractivity contribution in [2.24, 2.45) is 11.8 Å². The molecule has 0 saturated carbocycles. The molecule has 3 atom stereocenters. The van der Waals surface area contributed by atoms with Gasteiger partial charge in [0.15, 0.2) is 0 Å². The number of nitrogens with one attached hydrogen (secondary N) is 1. The van der Waals surface area contributed by atoms with Gasteiger partial charge in [-0.2, -0.15) is 0 Å². The number of nitrogens with zero attached hydrogens (tertiary/aromatic N) is 2. The van der Waals surface area contributed by atoms with Gasteiger partial charge in [0.2, 0.25) is 5.91 Å². The van der Waals surface area contributed by atoms with Crippen LogP contribution in [0.3, 0.4) is 0 Å². The molecule has 0 radical (unpaired) electrons. The molecule has 1 N–H and O–H groups in total. The van der Waals surface area contributed by atoms with Gasteiger partial charge in [0.25, 0.3) is 0 Å². The Morgan fingerprint density at radius 3 is 2.33 bits per heavy atom. The largest absolute Gasteiger partial charge is 0.342 e. The van der Waals surface area contributed by atoms with Gasteiger partial charge in [-0.15, -0.1) is 0 Å². The van der Waals surface area contributed by atoms with Crippen molar-refractivity contribution in [3.8, 4) is 11.4 Å². The van der Waals surface area contributed by atoms with Crippen molar-refractivity contribution in [2.75, 3.05) is 13.1 Å². The Morgan fingerprint density at radius 2 is 1.63 bits per heavy atom. The van der Waals surface area contributed by atoms with Gasteiger partial charge in [-0.25, -0.2) is 4.98 Å². The van der Waals surface area contributed by atoms with Crippen LogP contribution in [0.5, 0.6) is 0 Å². The highest BCUT2D eigenvalue weighted by molar-refractivity contribution is 5.80. The number of hydrogen-bond donors (Lipinski definition) is 1. The second kappa shape index (κ2) is 8.10. The van der Waals surface area contributed by atoms with E-state index >= 15 is 0 Å². The number of likely N-dealkylation sites (tertiary alicyclic amines) is 1. The van der Waals surface area contributed by atoms with Gasteiger partial charge < -0.3 is 9.88 Å². The summed E-state index contributed by atoms with van der Waals surface area (Å²) in [5.74, 6) is 1.77. The third kappa shape index (κ3) is 3.55. The van der Waals surface area contributed by atoms with E-state index in [0.717, 1.165) is 61.5 Å². The standard InChI is InChI=1S/C26H29N3O/c1-18-21(19-10-4-2-5-11-19)16-23-24(17-22(18)26(30)29-14-8-9-15-29)28-25(27-23)20-12-6-3-7-13-20/h2-7,10-13,18,21-22H,8-9,14-17H2,1H3,(H,27,28)/t18-,21+,22+/m0/s1. The summed E-state index contributed by atoms with van der Waals surface area (Å²) in [5.41, 5.74) is 4.65. The Bertz CT molecular complexity index is 1010. The number of hydrogen-bond acceptors (Lipinski definition) is 2. The SMILES string of the molecule is C[C@@H]1[C@H](C(=O)N2CCCC2)Cc2[nH]c(-c3ccccc3)nc2C[C@H]1c1ccccc1. The molecule has 30 heavy (non-hydrogen) atoms. The molecule has 2 aliphatic rings. The van der Waals surface area contributed by atoms with E-state index in [2.05, 4.69) is 59.3 Å². The second-order valence-corrected chi connectivity index (χ2v) is 8.80. The first-order chi connectivity index (χ1) is 14.7. The molecule has 1 aliphatic carbocycles. The van der Waals surface area contributed by atoms with E-state index in [0.29, 0.717) is 5.91 Å². The first kappa shape index (κ1) is 19.1. The summed E-state index contributed by atoms with van der Waals surface area (Å²) in [7, 11) is 0. The molecular weight excluding hydrogens is 370 g/mol. The van der Waals surface area contributed by atoms with Gasteiger partial charge >= 0.3 is 0 Å². The van der Waals surface area contributed by atoms with Crippen LogP contribution in [0.4, 0.5) is 0 Å². The van der Waals surface area contributed by atoms with Gasteiger partial charge in [-0.1, -0.05) is 67.6 Å². The number of amides is 1. The van der Waals surface area contributed by atoms with Crippen LogP contribution in [0.25, 0.3) is 11.4 Å². The number of fused-ring (bicyclic) bond motifs is 1. The summed E-state index contributed by atoms with van der Waals surface area (Å²) in [4.78, 5) is 24.2. The highest BCUT2D eigenvalue weighted by Crippen LogP contribution is 2.40. The molecule has 0 spiro atoms. The Balaban J connectivity index is 1.54. The third-order valence-corrected chi connectivity index (χ3v) is 6.98. The van der Waals surface area contributed by atoms with E-state index in [1.54, 1.807) is 0 Å². The Hall–Kier alpha value is -2.88. The van der Waals surface area contributed by atoms with Crippen LogP contribution in [-0.2, 0) is 17.6 Å². The van der Waals surface area contributed by atoms with E-state index < -0.39 is 0 Å². The molecule has 154 valence electrons. The zero-order valence-electron chi connectivity index (χ0n) is 17.6. The summed E-state index contributed by atoms with van der Waals surface area (Å²) < 4.78 is 0. The van der Waals surface area contributed by atoms with Crippen molar-refractivity contribution in [1.29, 1.82) is 0 Å². The summed E-state index contributed by atoms with van der Waals surface area (Å²) in [6, 6.07) is 20.9. The first-order valence-corrected chi connectivity index (χ1v) is 11.2. The Labute approximate surface area is 178 Å². The molecule has 2 heterocycles. The number of imidazole rings is 1. The summed E-state index contributed by atoms with van der Waals surface area (Å²) in [6.07, 6.45) is 3.87. The molecule has 1 saturated heterocycles. The van der Waals surface area contributed by atoms with Crippen molar-refractivity contribution in [3.05, 3.63) is 77.6 Å². The predicted molar refractivity (Wildman–Crippen MR) is 119 cm³/mol. The molecule has 0 unspecified atom stereocenters. The Kier molecular flexibility index (Phi) is 5.16. The van der Waals surface area contributed by atoms with Crippen molar-refractivity contribution in [3.63, 3.8) is 0 Å². The van der Waals surface area contributed by atoms with E-state index in [9.17, 15) is 4.79 Å². The number of benzene rings is 2. The second-order valence-electron chi connectivity index (χ2n) is 8.80. The van der Waals surface area contributed by atoms with E-state index in [4.69, 9.17) is 4.98 Å². The summed E-state index contributed by atoms with van der Waals surface area (Å²) in [6.45, 7) is 4.08.